The number of halogens is 3. The number of hydrogen-bond donors (Lipinski definition) is 0. The molecule has 1 unspecified atom stereocenters. The third-order valence-corrected chi connectivity index (χ3v) is 7.68. The molecule has 0 aromatic heterocycles. The monoisotopic (exact) mass is 532 g/mol. The van der Waals surface area contributed by atoms with Crippen molar-refractivity contribution in [3.05, 3.63) is 96.3 Å². The molecular weight excluding hydrogens is 493 g/mol. The van der Waals surface area contributed by atoms with Crippen molar-refractivity contribution in [3.8, 4) is 28.0 Å². The van der Waals surface area contributed by atoms with Crippen LogP contribution >= 0.6 is 0 Å². The van der Waals surface area contributed by atoms with E-state index in [1.165, 1.54) is 31.7 Å². The Morgan fingerprint density at radius 2 is 1.46 bits per heavy atom. The molecule has 4 rings (SSSR count). The van der Waals surface area contributed by atoms with Crippen molar-refractivity contribution >= 4 is 5.57 Å². The van der Waals surface area contributed by atoms with Crippen LogP contribution in [0.5, 0.6) is 5.75 Å². The third kappa shape index (κ3) is 7.44. The highest BCUT2D eigenvalue weighted by atomic mass is 19.2. The Kier molecular flexibility index (Phi) is 10.5. The van der Waals surface area contributed by atoms with Gasteiger partial charge in [-0.2, -0.15) is 4.39 Å². The first kappa shape index (κ1) is 28.7. The molecule has 0 N–H and O–H groups in total. The van der Waals surface area contributed by atoms with E-state index in [0.29, 0.717) is 23.7 Å². The van der Waals surface area contributed by atoms with Crippen LogP contribution in [0.4, 0.5) is 13.2 Å². The van der Waals surface area contributed by atoms with Gasteiger partial charge in [-0.1, -0.05) is 94.0 Å². The SMILES string of the molecule is C=CC1CC=C(c2ccc(-c3ccc(-c4ccc(OCCCCCCCCC)c(F)c4F)cc3)cc2F)CC1. The summed E-state index contributed by atoms with van der Waals surface area (Å²) in [5.74, 6) is -1.72. The Balaban J connectivity index is 1.38. The second-order valence-corrected chi connectivity index (χ2v) is 10.5. The van der Waals surface area contributed by atoms with E-state index in [1.54, 1.807) is 36.4 Å². The molecule has 0 saturated carbocycles. The molecule has 1 atom stereocenters. The van der Waals surface area contributed by atoms with Gasteiger partial charge in [0.05, 0.1) is 6.61 Å². The minimum absolute atomic E-state index is 0.0532. The van der Waals surface area contributed by atoms with Crippen LogP contribution in [-0.4, -0.2) is 6.61 Å². The molecule has 1 aliphatic rings. The van der Waals surface area contributed by atoms with E-state index in [4.69, 9.17) is 4.74 Å². The van der Waals surface area contributed by atoms with Crippen LogP contribution in [0.3, 0.4) is 0 Å². The van der Waals surface area contributed by atoms with Crippen molar-refractivity contribution in [2.24, 2.45) is 5.92 Å². The molecule has 206 valence electrons. The molecule has 39 heavy (non-hydrogen) atoms. The van der Waals surface area contributed by atoms with Gasteiger partial charge in [-0.05, 0) is 72.1 Å². The van der Waals surface area contributed by atoms with Gasteiger partial charge in [0.25, 0.3) is 0 Å². The maximum Gasteiger partial charge on any atom is 0.201 e. The smallest absolute Gasteiger partial charge is 0.201 e. The molecule has 0 radical (unpaired) electrons. The minimum atomic E-state index is -0.964. The Labute approximate surface area is 231 Å². The van der Waals surface area contributed by atoms with Crippen molar-refractivity contribution in [2.75, 3.05) is 6.61 Å². The molecule has 4 heteroatoms. The molecule has 0 bridgehead atoms. The summed E-state index contributed by atoms with van der Waals surface area (Å²) in [6.45, 7) is 6.43. The summed E-state index contributed by atoms with van der Waals surface area (Å²) in [7, 11) is 0. The first-order valence-corrected chi connectivity index (χ1v) is 14.3. The van der Waals surface area contributed by atoms with Crippen LogP contribution < -0.4 is 4.74 Å². The predicted octanol–water partition coefficient (Wildman–Crippen LogP) is 10.9. The van der Waals surface area contributed by atoms with Gasteiger partial charge >= 0.3 is 0 Å². The highest BCUT2D eigenvalue weighted by Gasteiger charge is 2.18. The van der Waals surface area contributed by atoms with Gasteiger partial charge in [0, 0.05) is 11.1 Å². The first-order chi connectivity index (χ1) is 19.0. The lowest BCUT2D eigenvalue weighted by Gasteiger charge is -2.19. The Morgan fingerprint density at radius 1 is 0.795 bits per heavy atom. The highest BCUT2D eigenvalue weighted by Crippen LogP contribution is 2.35. The molecule has 0 saturated heterocycles. The molecule has 1 aliphatic carbocycles. The number of benzene rings is 3. The van der Waals surface area contributed by atoms with Gasteiger partial charge in [-0.3, -0.25) is 0 Å². The van der Waals surface area contributed by atoms with Crippen LogP contribution in [0.1, 0.15) is 76.7 Å². The van der Waals surface area contributed by atoms with Crippen molar-refractivity contribution in [3.63, 3.8) is 0 Å². The predicted molar refractivity (Wildman–Crippen MR) is 156 cm³/mol. The maximum atomic E-state index is 15.0. The fraction of sp³-hybridized carbons (Fsp3) is 0.371. The van der Waals surface area contributed by atoms with Gasteiger partial charge in [0.15, 0.2) is 11.6 Å². The summed E-state index contributed by atoms with van der Waals surface area (Å²) < 4.78 is 50.2. The van der Waals surface area contributed by atoms with E-state index in [1.807, 2.05) is 18.2 Å². The molecule has 1 nitrogen and oxygen atoms in total. The summed E-state index contributed by atoms with van der Waals surface area (Å²) in [5.41, 5.74) is 3.96. The Bertz CT molecular complexity index is 1280. The van der Waals surface area contributed by atoms with Crippen molar-refractivity contribution in [2.45, 2.75) is 71.1 Å². The van der Waals surface area contributed by atoms with Crippen LogP contribution in [0.15, 0.2) is 73.3 Å². The molecule has 0 spiro atoms. The van der Waals surface area contributed by atoms with E-state index in [0.717, 1.165) is 55.2 Å². The second kappa shape index (κ2) is 14.2. The number of ether oxygens (including phenoxy) is 1. The molecule has 0 fully saturated rings. The second-order valence-electron chi connectivity index (χ2n) is 10.5. The summed E-state index contributed by atoms with van der Waals surface area (Å²) in [6, 6.07) is 15.4. The quantitative estimate of drug-likeness (QED) is 0.157. The number of unbranched alkanes of at least 4 members (excludes halogenated alkanes) is 6. The first-order valence-electron chi connectivity index (χ1n) is 14.3. The number of hydrogen-bond acceptors (Lipinski definition) is 1. The molecule has 0 heterocycles. The van der Waals surface area contributed by atoms with Crippen molar-refractivity contribution in [1.29, 1.82) is 0 Å². The molecule has 0 aliphatic heterocycles. The maximum absolute atomic E-state index is 15.0. The van der Waals surface area contributed by atoms with Gasteiger partial charge in [-0.15, -0.1) is 6.58 Å². The molecule has 3 aromatic carbocycles. The molecule has 0 amide bonds. The van der Waals surface area contributed by atoms with Crippen LogP contribution in [0.25, 0.3) is 27.8 Å². The zero-order chi connectivity index (χ0) is 27.6. The zero-order valence-electron chi connectivity index (χ0n) is 23.0. The Hall–Kier alpha value is -3.27. The van der Waals surface area contributed by atoms with E-state index in [2.05, 4.69) is 19.6 Å². The summed E-state index contributed by atoms with van der Waals surface area (Å²) in [4.78, 5) is 0. The van der Waals surface area contributed by atoms with E-state index in [9.17, 15) is 8.78 Å². The molecule has 3 aromatic rings. The van der Waals surface area contributed by atoms with Gasteiger partial charge in [0.1, 0.15) is 5.82 Å². The van der Waals surface area contributed by atoms with Gasteiger partial charge in [-0.25, -0.2) is 8.78 Å². The minimum Gasteiger partial charge on any atom is -0.490 e. The lowest BCUT2D eigenvalue weighted by atomic mass is 9.86. The molecular formula is C35H39F3O. The third-order valence-electron chi connectivity index (χ3n) is 7.68. The standard InChI is InChI=1S/C35H39F3O/c1-3-5-6-7-8-9-10-23-39-33-22-21-31(34(37)35(33)38)28-17-15-26(16-18-28)29-19-20-30(32(36)24-29)27-13-11-25(4-2)12-14-27/h4,13,15-22,24-25H,2-3,5-12,14,23H2,1H3. The van der Waals surface area contributed by atoms with Gasteiger partial charge < -0.3 is 4.74 Å². The number of allylic oxidation sites excluding steroid dienone is 3. The normalized spacial score (nSPS) is 15.2. The van der Waals surface area contributed by atoms with Gasteiger partial charge in [0.2, 0.25) is 5.82 Å². The fourth-order valence-corrected chi connectivity index (χ4v) is 5.22. The average molecular weight is 533 g/mol. The Morgan fingerprint density at radius 3 is 2.13 bits per heavy atom. The topological polar surface area (TPSA) is 9.23 Å². The van der Waals surface area contributed by atoms with E-state index < -0.39 is 11.6 Å². The summed E-state index contributed by atoms with van der Waals surface area (Å²) in [6.07, 6.45) is 14.7. The van der Waals surface area contributed by atoms with Crippen LogP contribution in [0, 0.1) is 23.4 Å². The fourth-order valence-electron chi connectivity index (χ4n) is 5.22. The average Bonchev–Trinajstić information content (AvgIpc) is 2.97. The van der Waals surface area contributed by atoms with Crippen LogP contribution in [0.2, 0.25) is 0 Å². The lowest BCUT2D eigenvalue weighted by molar-refractivity contribution is 0.285. The largest absolute Gasteiger partial charge is 0.490 e. The summed E-state index contributed by atoms with van der Waals surface area (Å²) in [5, 5.41) is 0. The van der Waals surface area contributed by atoms with E-state index in [-0.39, 0.29) is 17.1 Å². The van der Waals surface area contributed by atoms with E-state index >= 15 is 4.39 Å². The van der Waals surface area contributed by atoms with Crippen LogP contribution in [-0.2, 0) is 0 Å². The van der Waals surface area contributed by atoms with Crippen molar-refractivity contribution in [1.82, 2.24) is 0 Å². The lowest BCUT2D eigenvalue weighted by Crippen LogP contribution is -2.03. The summed E-state index contributed by atoms with van der Waals surface area (Å²) >= 11 is 0. The number of rotatable bonds is 13. The zero-order valence-corrected chi connectivity index (χ0v) is 23.0. The van der Waals surface area contributed by atoms with Crippen molar-refractivity contribution < 1.29 is 17.9 Å². The highest BCUT2D eigenvalue weighted by molar-refractivity contribution is 5.74.